The molecule has 0 radical (unpaired) electrons. The first kappa shape index (κ1) is 12.2. The van der Waals surface area contributed by atoms with Crippen molar-refractivity contribution in [2.75, 3.05) is 13.2 Å². The summed E-state index contributed by atoms with van der Waals surface area (Å²) in [6.45, 7) is 0.918. The van der Waals surface area contributed by atoms with E-state index in [4.69, 9.17) is 15.6 Å². The molecule has 0 unspecified atom stereocenters. The Labute approximate surface area is 83.9 Å². The van der Waals surface area contributed by atoms with E-state index in [2.05, 4.69) is 0 Å². The fourth-order valence-corrected chi connectivity index (χ4v) is 0.885. The fraction of sp³-hybridized carbons (Fsp3) is 0.333. The van der Waals surface area contributed by atoms with Crippen molar-refractivity contribution in [3.63, 3.8) is 0 Å². The molecule has 1 aromatic carbocycles. The number of ether oxygens (including phenoxy) is 1. The highest BCUT2D eigenvalue weighted by molar-refractivity contribution is 5.85. The van der Waals surface area contributed by atoms with E-state index < -0.39 is 0 Å². The van der Waals surface area contributed by atoms with Gasteiger partial charge in [-0.1, -0.05) is 12.1 Å². The topological polar surface area (TPSA) is 55.5 Å². The minimum atomic E-state index is 0. The lowest BCUT2D eigenvalue weighted by molar-refractivity contribution is 0.201. The van der Waals surface area contributed by atoms with Crippen molar-refractivity contribution >= 4 is 12.4 Å². The van der Waals surface area contributed by atoms with E-state index in [0.29, 0.717) is 13.2 Å². The molecule has 0 bridgehead atoms. The van der Waals surface area contributed by atoms with Gasteiger partial charge >= 0.3 is 0 Å². The van der Waals surface area contributed by atoms with Crippen molar-refractivity contribution < 1.29 is 9.84 Å². The van der Waals surface area contributed by atoms with Crippen LogP contribution in [0.1, 0.15) is 5.56 Å². The second kappa shape index (κ2) is 6.71. The number of benzene rings is 1. The number of hydrogen-bond acceptors (Lipinski definition) is 3. The average molecular weight is 204 g/mol. The molecule has 3 nitrogen and oxygen atoms in total. The highest BCUT2D eigenvalue weighted by Crippen LogP contribution is 2.11. The van der Waals surface area contributed by atoms with Gasteiger partial charge in [-0.3, -0.25) is 0 Å². The van der Waals surface area contributed by atoms with E-state index in [0.717, 1.165) is 11.3 Å². The lowest BCUT2D eigenvalue weighted by Crippen LogP contribution is -2.02. The zero-order chi connectivity index (χ0) is 8.81. The zero-order valence-electron chi connectivity index (χ0n) is 7.27. The Morgan fingerprint density at radius 1 is 1.23 bits per heavy atom. The van der Waals surface area contributed by atoms with Gasteiger partial charge in [0.15, 0.2) is 0 Å². The highest BCUT2D eigenvalue weighted by Gasteiger charge is 1.92. The Bertz CT molecular complexity index is 226. The van der Waals surface area contributed by atoms with Gasteiger partial charge < -0.3 is 15.6 Å². The first-order chi connectivity index (χ1) is 5.86. The molecule has 74 valence electrons. The van der Waals surface area contributed by atoms with Crippen molar-refractivity contribution in [3.8, 4) is 5.75 Å². The molecule has 4 heteroatoms. The smallest absolute Gasteiger partial charge is 0.119 e. The molecule has 0 aliphatic rings. The minimum absolute atomic E-state index is 0. The third-order valence-corrected chi connectivity index (χ3v) is 1.52. The summed E-state index contributed by atoms with van der Waals surface area (Å²) in [5, 5.41) is 8.48. The van der Waals surface area contributed by atoms with Crippen LogP contribution in [0.3, 0.4) is 0 Å². The monoisotopic (exact) mass is 203 g/mol. The molecule has 0 aliphatic heterocycles. The molecule has 0 spiro atoms. The lowest BCUT2D eigenvalue weighted by atomic mass is 10.2. The van der Waals surface area contributed by atoms with Crippen LogP contribution < -0.4 is 10.5 Å². The third-order valence-electron chi connectivity index (χ3n) is 1.52. The predicted molar refractivity (Wildman–Crippen MR) is 54.2 cm³/mol. The van der Waals surface area contributed by atoms with Crippen LogP contribution in [-0.2, 0) is 6.54 Å². The average Bonchev–Trinajstić information content (AvgIpc) is 2.15. The van der Waals surface area contributed by atoms with Crippen LogP contribution in [0, 0.1) is 0 Å². The fourth-order valence-electron chi connectivity index (χ4n) is 0.885. The van der Waals surface area contributed by atoms with E-state index in [1.165, 1.54) is 0 Å². The van der Waals surface area contributed by atoms with Gasteiger partial charge in [-0.15, -0.1) is 12.4 Å². The Morgan fingerprint density at radius 2 is 1.85 bits per heavy atom. The van der Waals surface area contributed by atoms with Gasteiger partial charge in [0.2, 0.25) is 0 Å². The number of rotatable bonds is 4. The van der Waals surface area contributed by atoms with E-state index in [1.54, 1.807) is 0 Å². The normalized spacial score (nSPS) is 9.08. The molecule has 0 aromatic heterocycles. The summed E-state index contributed by atoms with van der Waals surface area (Å²) < 4.78 is 5.16. The molecule has 0 fully saturated rings. The maximum atomic E-state index is 8.48. The van der Waals surface area contributed by atoms with Crippen LogP contribution in [0.2, 0.25) is 0 Å². The molecule has 0 heterocycles. The Morgan fingerprint density at radius 3 is 2.31 bits per heavy atom. The molecule has 0 aliphatic carbocycles. The lowest BCUT2D eigenvalue weighted by Gasteiger charge is -2.03. The third kappa shape index (κ3) is 4.12. The molecular weight excluding hydrogens is 190 g/mol. The highest BCUT2D eigenvalue weighted by atomic mass is 35.5. The van der Waals surface area contributed by atoms with E-state index in [-0.39, 0.29) is 19.0 Å². The van der Waals surface area contributed by atoms with E-state index in [1.807, 2.05) is 24.3 Å². The summed E-state index contributed by atoms with van der Waals surface area (Å²) in [5.74, 6) is 0.765. The van der Waals surface area contributed by atoms with Crippen LogP contribution >= 0.6 is 12.4 Å². The van der Waals surface area contributed by atoms with Crippen molar-refractivity contribution in [1.82, 2.24) is 0 Å². The maximum Gasteiger partial charge on any atom is 0.119 e. The van der Waals surface area contributed by atoms with Crippen LogP contribution in [0.15, 0.2) is 24.3 Å². The van der Waals surface area contributed by atoms with Crippen molar-refractivity contribution in [3.05, 3.63) is 29.8 Å². The summed E-state index contributed by atoms with van der Waals surface area (Å²) in [4.78, 5) is 0. The van der Waals surface area contributed by atoms with Crippen molar-refractivity contribution in [1.29, 1.82) is 0 Å². The van der Waals surface area contributed by atoms with Gasteiger partial charge in [-0.2, -0.15) is 0 Å². The van der Waals surface area contributed by atoms with Crippen LogP contribution in [-0.4, -0.2) is 18.3 Å². The SMILES string of the molecule is Cl.NCc1ccc(OCCO)cc1. The summed E-state index contributed by atoms with van der Waals surface area (Å²) in [7, 11) is 0. The first-order valence-corrected chi connectivity index (χ1v) is 3.89. The first-order valence-electron chi connectivity index (χ1n) is 3.89. The van der Waals surface area contributed by atoms with Crippen molar-refractivity contribution in [2.24, 2.45) is 5.73 Å². The summed E-state index contributed by atoms with van der Waals surface area (Å²) >= 11 is 0. The number of aliphatic hydroxyl groups is 1. The second-order valence-corrected chi connectivity index (χ2v) is 2.42. The standard InChI is InChI=1S/C9H13NO2.ClH/c10-7-8-1-3-9(4-2-8)12-6-5-11;/h1-4,11H,5-7,10H2;1H. The number of nitrogens with two attached hydrogens (primary N) is 1. The Balaban J connectivity index is 0.00000144. The van der Waals surface area contributed by atoms with Gasteiger partial charge in [0.25, 0.3) is 0 Å². The summed E-state index contributed by atoms with van der Waals surface area (Å²) in [6, 6.07) is 7.51. The number of aliphatic hydroxyl groups excluding tert-OH is 1. The molecule has 0 atom stereocenters. The van der Waals surface area contributed by atoms with Crippen LogP contribution in [0.4, 0.5) is 0 Å². The maximum absolute atomic E-state index is 8.48. The van der Waals surface area contributed by atoms with Gasteiger partial charge in [0.1, 0.15) is 12.4 Å². The van der Waals surface area contributed by atoms with Gasteiger partial charge in [-0.05, 0) is 17.7 Å². The predicted octanol–water partition coefficient (Wildman–Crippen LogP) is 0.938. The van der Waals surface area contributed by atoms with E-state index >= 15 is 0 Å². The quantitative estimate of drug-likeness (QED) is 0.766. The molecule has 0 amide bonds. The summed E-state index contributed by atoms with van der Waals surface area (Å²) in [6.07, 6.45) is 0. The van der Waals surface area contributed by atoms with Crippen molar-refractivity contribution in [2.45, 2.75) is 6.54 Å². The second-order valence-electron chi connectivity index (χ2n) is 2.42. The number of hydrogen-bond donors (Lipinski definition) is 2. The molecule has 0 saturated heterocycles. The summed E-state index contributed by atoms with van der Waals surface area (Å²) in [5.41, 5.74) is 6.49. The van der Waals surface area contributed by atoms with Gasteiger partial charge in [0.05, 0.1) is 6.61 Å². The number of halogens is 1. The minimum Gasteiger partial charge on any atom is -0.491 e. The Kier molecular flexibility index (Phi) is 6.32. The molecule has 1 rings (SSSR count). The molecule has 13 heavy (non-hydrogen) atoms. The molecular formula is C9H14ClNO2. The largest absolute Gasteiger partial charge is 0.491 e. The molecule has 1 aromatic rings. The zero-order valence-corrected chi connectivity index (χ0v) is 8.09. The molecule has 3 N–H and O–H groups in total. The van der Waals surface area contributed by atoms with Crippen LogP contribution in [0.25, 0.3) is 0 Å². The molecule has 0 saturated carbocycles. The van der Waals surface area contributed by atoms with Crippen LogP contribution in [0.5, 0.6) is 5.75 Å². The van der Waals surface area contributed by atoms with Gasteiger partial charge in [0, 0.05) is 6.54 Å². The van der Waals surface area contributed by atoms with Gasteiger partial charge in [-0.25, -0.2) is 0 Å². The Hall–Kier alpha value is -0.770. The van der Waals surface area contributed by atoms with E-state index in [9.17, 15) is 0 Å².